The summed E-state index contributed by atoms with van der Waals surface area (Å²) in [5.41, 5.74) is 1.16. The molecular formula is C22H32IN5O2S. The molecule has 1 saturated heterocycles. The molecule has 0 bridgehead atoms. The van der Waals surface area contributed by atoms with Crippen LogP contribution in [0, 0.1) is 0 Å². The number of ether oxygens (including phenoxy) is 1. The first-order chi connectivity index (χ1) is 14.5. The van der Waals surface area contributed by atoms with E-state index in [1.54, 1.807) is 37.4 Å². The maximum absolute atomic E-state index is 12.0. The zero-order chi connectivity index (χ0) is 21.3. The van der Waals surface area contributed by atoms with Gasteiger partial charge >= 0.3 is 0 Å². The quantitative estimate of drug-likeness (QED) is 0.311. The first-order valence-electron chi connectivity index (χ1n) is 10.2. The molecule has 2 heterocycles. The number of aliphatic imine (C=N–C) groups is 1. The summed E-state index contributed by atoms with van der Waals surface area (Å²) < 4.78 is 5.37. The van der Waals surface area contributed by atoms with E-state index in [1.165, 1.54) is 4.88 Å². The fourth-order valence-corrected chi connectivity index (χ4v) is 4.00. The van der Waals surface area contributed by atoms with Crippen molar-refractivity contribution in [1.29, 1.82) is 0 Å². The van der Waals surface area contributed by atoms with E-state index in [2.05, 4.69) is 44.1 Å². The van der Waals surface area contributed by atoms with Gasteiger partial charge in [0.25, 0.3) is 0 Å². The maximum atomic E-state index is 12.0. The normalized spacial score (nSPS) is 16.3. The molecule has 2 N–H and O–H groups in total. The minimum Gasteiger partial charge on any atom is -0.497 e. The summed E-state index contributed by atoms with van der Waals surface area (Å²) in [7, 11) is 5.19. The van der Waals surface area contributed by atoms with E-state index in [0.717, 1.165) is 37.4 Å². The molecule has 1 amide bonds. The van der Waals surface area contributed by atoms with Gasteiger partial charge in [0.15, 0.2) is 5.96 Å². The summed E-state index contributed by atoms with van der Waals surface area (Å²) in [6, 6.07) is 12.5. The lowest BCUT2D eigenvalue weighted by atomic mass is 10.0. The number of nitrogens with one attached hydrogen (secondary N) is 2. The molecule has 2 aromatic rings. The van der Waals surface area contributed by atoms with Crippen molar-refractivity contribution in [3.63, 3.8) is 0 Å². The van der Waals surface area contributed by atoms with Crippen LogP contribution in [-0.2, 0) is 11.3 Å². The number of thiophene rings is 1. The molecule has 9 heteroatoms. The molecule has 0 aliphatic carbocycles. The molecule has 1 fully saturated rings. The van der Waals surface area contributed by atoms with Crippen LogP contribution in [-0.4, -0.2) is 63.6 Å². The van der Waals surface area contributed by atoms with Crippen molar-refractivity contribution in [2.75, 3.05) is 45.7 Å². The van der Waals surface area contributed by atoms with Crippen LogP contribution in [0.15, 0.2) is 46.8 Å². The molecular weight excluding hydrogens is 525 g/mol. The third-order valence-electron chi connectivity index (χ3n) is 5.06. The Kier molecular flexibility index (Phi) is 10.4. The Labute approximate surface area is 205 Å². The van der Waals surface area contributed by atoms with Crippen LogP contribution in [0.5, 0.6) is 5.75 Å². The molecule has 0 radical (unpaired) electrons. The Morgan fingerprint density at radius 1 is 1.32 bits per heavy atom. The number of nitrogens with zero attached hydrogens (tertiary/aromatic N) is 3. The number of rotatable bonds is 7. The number of hydrogen-bond donors (Lipinski definition) is 2. The monoisotopic (exact) mass is 557 g/mol. The molecule has 0 saturated carbocycles. The average molecular weight is 558 g/mol. The zero-order valence-corrected chi connectivity index (χ0v) is 21.5. The van der Waals surface area contributed by atoms with Crippen LogP contribution in [0.4, 0.5) is 5.69 Å². The number of carbonyl (C=O) groups excluding carboxylic acids is 1. The first kappa shape index (κ1) is 25.3. The molecule has 7 nitrogen and oxygen atoms in total. The molecule has 170 valence electrons. The minimum atomic E-state index is -0.0196. The predicted molar refractivity (Wildman–Crippen MR) is 139 cm³/mol. The van der Waals surface area contributed by atoms with Crippen molar-refractivity contribution in [1.82, 2.24) is 15.5 Å². The first-order valence-corrected chi connectivity index (χ1v) is 11.1. The molecule has 31 heavy (non-hydrogen) atoms. The largest absolute Gasteiger partial charge is 0.497 e. The number of carbonyl (C=O) groups is 1. The number of anilines is 1. The SMILES string of the molecule is COc1cccc(N2CCCC(NC(=NCC(=O)N(C)C)NCc3cccs3)C2)c1.I. The summed E-state index contributed by atoms with van der Waals surface area (Å²) >= 11 is 1.70. The number of hydrogen-bond acceptors (Lipinski definition) is 5. The second-order valence-electron chi connectivity index (χ2n) is 7.52. The highest BCUT2D eigenvalue weighted by Crippen LogP contribution is 2.24. The van der Waals surface area contributed by atoms with Crippen LogP contribution in [0.3, 0.4) is 0 Å². The minimum absolute atomic E-state index is 0. The summed E-state index contributed by atoms with van der Waals surface area (Å²) in [6.45, 7) is 2.69. The van der Waals surface area contributed by atoms with Crippen molar-refractivity contribution >= 4 is 52.9 Å². The summed E-state index contributed by atoms with van der Waals surface area (Å²) in [5, 5.41) is 8.98. The highest BCUT2D eigenvalue weighted by molar-refractivity contribution is 14.0. The van der Waals surface area contributed by atoms with Gasteiger partial charge in [0.1, 0.15) is 12.3 Å². The smallest absolute Gasteiger partial charge is 0.243 e. The zero-order valence-electron chi connectivity index (χ0n) is 18.3. The Bertz CT molecular complexity index is 844. The van der Waals surface area contributed by atoms with Crippen molar-refractivity contribution < 1.29 is 9.53 Å². The van der Waals surface area contributed by atoms with E-state index in [4.69, 9.17) is 4.74 Å². The number of halogens is 1. The highest BCUT2D eigenvalue weighted by Gasteiger charge is 2.21. The second-order valence-corrected chi connectivity index (χ2v) is 8.55. The van der Waals surface area contributed by atoms with Gasteiger partial charge < -0.3 is 25.2 Å². The van der Waals surface area contributed by atoms with Crippen molar-refractivity contribution in [3.05, 3.63) is 46.7 Å². The molecule has 1 aliphatic heterocycles. The van der Waals surface area contributed by atoms with Gasteiger partial charge in [-0.15, -0.1) is 35.3 Å². The number of methoxy groups -OCH3 is 1. The van der Waals surface area contributed by atoms with Crippen LogP contribution in [0.2, 0.25) is 0 Å². The fraction of sp³-hybridized carbons (Fsp3) is 0.455. The number of guanidine groups is 1. The van der Waals surface area contributed by atoms with E-state index >= 15 is 0 Å². The van der Waals surface area contributed by atoms with Crippen molar-refractivity contribution in [2.45, 2.75) is 25.4 Å². The van der Waals surface area contributed by atoms with Gasteiger partial charge in [0.05, 0.1) is 13.7 Å². The van der Waals surface area contributed by atoms with E-state index in [-0.39, 0.29) is 42.5 Å². The van der Waals surface area contributed by atoms with Gasteiger partial charge in [0, 0.05) is 49.9 Å². The van der Waals surface area contributed by atoms with E-state index in [9.17, 15) is 4.79 Å². The predicted octanol–water partition coefficient (Wildman–Crippen LogP) is 3.17. The van der Waals surface area contributed by atoms with Crippen LogP contribution >= 0.6 is 35.3 Å². The number of likely N-dealkylation sites (N-methyl/N-ethyl adjacent to an activating group) is 1. The maximum Gasteiger partial charge on any atom is 0.243 e. The topological polar surface area (TPSA) is 69.2 Å². The standard InChI is InChI=1S/C22H31N5O2S.HI/c1-26(2)21(28)15-24-22(23-14-20-10-6-12-30-20)25-17-7-5-11-27(16-17)18-8-4-9-19(13-18)29-3;/h4,6,8-10,12-13,17H,5,7,11,14-16H2,1-3H3,(H2,23,24,25);1H. The molecule has 0 spiro atoms. The number of amides is 1. The highest BCUT2D eigenvalue weighted by atomic mass is 127. The summed E-state index contributed by atoms with van der Waals surface area (Å²) in [5.74, 6) is 1.52. The fourth-order valence-electron chi connectivity index (χ4n) is 3.35. The molecule has 1 aromatic heterocycles. The van der Waals surface area contributed by atoms with Gasteiger partial charge in [-0.05, 0) is 36.4 Å². The third-order valence-corrected chi connectivity index (χ3v) is 5.94. The van der Waals surface area contributed by atoms with Gasteiger partial charge in [-0.3, -0.25) is 4.79 Å². The van der Waals surface area contributed by atoms with E-state index in [1.807, 2.05) is 18.2 Å². The Morgan fingerprint density at radius 2 is 2.16 bits per heavy atom. The lowest BCUT2D eigenvalue weighted by Crippen LogP contribution is -2.51. The average Bonchev–Trinajstić information content (AvgIpc) is 3.29. The van der Waals surface area contributed by atoms with Crippen LogP contribution < -0.4 is 20.3 Å². The van der Waals surface area contributed by atoms with Crippen molar-refractivity contribution in [3.8, 4) is 5.75 Å². The number of piperidine rings is 1. The summed E-state index contributed by atoms with van der Waals surface area (Å²) in [4.78, 5) is 21.7. The molecule has 1 aromatic carbocycles. The van der Waals surface area contributed by atoms with Gasteiger partial charge in [-0.1, -0.05) is 12.1 Å². The van der Waals surface area contributed by atoms with Gasteiger partial charge in [-0.25, -0.2) is 4.99 Å². The molecule has 3 rings (SSSR count). The van der Waals surface area contributed by atoms with E-state index < -0.39 is 0 Å². The van der Waals surface area contributed by atoms with Crippen LogP contribution in [0.1, 0.15) is 17.7 Å². The number of benzene rings is 1. The Morgan fingerprint density at radius 3 is 2.87 bits per heavy atom. The lowest BCUT2D eigenvalue weighted by molar-refractivity contribution is -0.127. The van der Waals surface area contributed by atoms with E-state index in [0.29, 0.717) is 12.5 Å². The van der Waals surface area contributed by atoms with Gasteiger partial charge in [0.2, 0.25) is 5.91 Å². The van der Waals surface area contributed by atoms with Gasteiger partial charge in [-0.2, -0.15) is 0 Å². The second kappa shape index (κ2) is 12.7. The molecule has 1 atom stereocenters. The molecule has 1 aliphatic rings. The lowest BCUT2D eigenvalue weighted by Gasteiger charge is -2.35. The Balaban J connectivity index is 0.00000341. The Hall–Kier alpha value is -2.01. The van der Waals surface area contributed by atoms with Crippen LogP contribution in [0.25, 0.3) is 0 Å². The summed E-state index contributed by atoms with van der Waals surface area (Å²) in [6.07, 6.45) is 2.14. The molecule has 1 unspecified atom stereocenters. The van der Waals surface area contributed by atoms with Crippen molar-refractivity contribution in [2.24, 2.45) is 4.99 Å². The third kappa shape index (κ3) is 7.88.